The van der Waals surface area contributed by atoms with Crippen molar-refractivity contribution in [1.82, 2.24) is 5.32 Å². The van der Waals surface area contributed by atoms with E-state index < -0.39 is 11.3 Å². The van der Waals surface area contributed by atoms with Crippen LogP contribution >= 0.6 is 12.6 Å². The molecule has 0 aliphatic rings. The van der Waals surface area contributed by atoms with Gasteiger partial charge in [0.2, 0.25) is 5.91 Å². The predicted octanol–water partition coefficient (Wildman–Crippen LogP) is 1.08. The summed E-state index contributed by atoms with van der Waals surface area (Å²) < 4.78 is 0. The van der Waals surface area contributed by atoms with Gasteiger partial charge in [-0.1, -0.05) is 30.3 Å². The van der Waals surface area contributed by atoms with Crippen LogP contribution in [0.2, 0.25) is 0 Å². The van der Waals surface area contributed by atoms with E-state index in [2.05, 4.69) is 17.9 Å². The number of hydrogen-bond donors (Lipinski definition) is 3. The summed E-state index contributed by atoms with van der Waals surface area (Å²) >= 11 is 3.71. The highest BCUT2D eigenvalue weighted by Gasteiger charge is 2.14. The summed E-state index contributed by atoms with van der Waals surface area (Å²) in [5.74, 6) is -1.47. The maximum atomic E-state index is 11.3. The van der Waals surface area contributed by atoms with Gasteiger partial charge in [0.15, 0.2) is 5.37 Å². The Hall–Kier alpha value is -1.49. The summed E-state index contributed by atoms with van der Waals surface area (Å²) in [7, 11) is 0. The summed E-state index contributed by atoms with van der Waals surface area (Å²) in [6.45, 7) is 0. The molecular weight excluding hydrogens is 226 g/mol. The number of carboxylic acids is 1. The quantitative estimate of drug-likeness (QED) is 0.532. The second kappa shape index (κ2) is 6.17. The second-order valence-corrected chi connectivity index (χ2v) is 3.81. The Bertz CT molecular complexity index is 367. The molecule has 86 valence electrons. The molecule has 1 aromatic rings. The van der Waals surface area contributed by atoms with Crippen molar-refractivity contribution >= 4 is 24.5 Å². The SMILES string of the molecule is O=C(CCc1ccccc1)NC(S)C(=O)O. The fourth-order valence-corrected chi connectivity index (χ4v) is 1.33. The van der Waals surface area contributed by atoms with Gasteiger partial charge in [0.1, 0.15) is 0 Å². The number of carbonyl (C=O) groups excluding carboxylic acids is 1. The van der Waals surface area contributed by atoms with Crippen molar-refractivity contribution in [3.63, 3.8) is 0 Å². The standard InChI is InChI=1S/C11H13NO3S/c13-9(12-10(16)11(14)15)7-6-8-4-2-1-3-5-8/h1-5,10,16H,6-7H2,(H,12,13)(H,14,15). The fourth-order valence-electron chi connectivity index (χ4n) is 1.19. The highest BCUT2D eigenvalue weighted by molar-refractivity contribution is 7.81. The van der Waals surface area contributed by atoms with Crippen LogP contribution in [0, 0.1) is 0 Å². The highest BCUT2D eigenvalue weighted by Crippen LogP contribution is 2.02. The van der Waals surface area contributed by atoms with Gasteiger partial charge in [-0.2, -0.15) is 0 Å². The van der Waals surface area contributed by atoms with Crippen molar-refractivity contribution in [2.45, 2.75) is 18.2 Å². The maximum Gasteiger partial charge on any atom is 0.336 e. The maximum absolute atomic E-state index is 11.3. The number of nitrogens with one attached hydrogen (secondary N) is 1. The number of carbonyl (C=O) groups is 2. The molecule has 16 heavy (non-hydrogen) atoms. The molecule has 0 heterocycles. The minimum absolute atomic E-state index is 0.258. The number of rotatable bonds is 5. The molecule has 2 N–H and O–H groups in total. The minimum atomic E-state index is -1.16. The highest BCUT2D eigenvalue weighted by atomic mass is 32.1. The molecule has 0 aliphatic carbocycles. The molecule has 1 atom stereocenters. The van der Waals surface area contributed by atoms with E-state index in [0.717, 1.165) is 5.56 Å². The number of carboxylic acid groups (broad SMARTS) is 1. The smallest absolute Gasteiger partial charge is 0.336 e. The number of aryl methyl sites for hydroxylation is 1. The van der Waals surface area contributed by atoms with Crippen molar-refractivity contribution < 1.29 is 14.7 Å². The van der Waals surface area contributed by atoms with Gasteiger partial charge < -0.3 is 10.4 Å². The molecular formula is C11H13NO3S. The van der Waals surface area contributed by atoms with Crippen molar-refractivity contribution in [1.29, 1.82) is 0 Å². The Morgan fingerprint density at radius 2 is 1.94 bits per heavy atom. The molecule has 1 rings (SSSR count). The summed E-state index contributed by atoms with van der Waals surface area (Å²) in [5, 5.41) is 9.66. The van der Waals surface area contributed by atoms with Crippen LogP contribution in [0.1, 0.15) is 12.0 Å². The lowest BCUT2D eigenvalue weighted by Gasteiger charge is -2.08. The van der Waals surface area contributed by atoms with E-state index in [0.29, 0.717) is 6.42 Å². The minimum Gasteiger partial charge on any atom is -0.479 e. The van der Waals surface area contributed by atoms with E-state index in [1.165, 1.54) is 0 Å². The molecule has 1 amide bonds. The van der Waals surface area contributed by atoms with E-state index in [1.807, 2.05) is 30.3 Å². The van der Waals surface area contributed by atoms with Crippen LogP contribution < -0.4 is 5.32 Å². The van der Waals surface area contributed by atoms with Crippen LogP contribution in [0.4, 0.5) is 0 Å². The first-order valence-electron chi connectivity index (χ1n) is 4.84. The van der Waals surface area contributed by atoms with Gasteiger partial charge in [-0.3, -0.25) is 4.79 Å². The van der Waals surface area contributed by atoms with E-state index in [4.69, 9.17) is 5.11 Å². The molecule has 1 unspecified atom stereocenters. The average Bonchev–Trinajstić information content (AvgIpc) is 2.27. The van der Waals surface area contributed by atoms with Crippen LogP contribution in [0.15, 0.2) is 30.3 Å². The van der Waals surface area contributed by atoms with Crippen LogP contribution in [0.3, 0.4) is 0 Å². The van der Waals surface area contributed by atoms with Crippen molar-refractivity contribution in [2.24, 2.45) is 0 Å². The lowest BCUT2D eigenvalue weighted by Crippen LogP contribution is -2.36. The number of thiol groups is 1. The summed E-state index contributed by atoms with van der Waals surface area (Å²) in [5.41, 5.74) is 1.05. The zero-order valence-corrected chi connectivity index (χ0v) is 9.48. The molecule has 0 aliphatic heterocycles. The van der Waals surface area contributed by atoms with E-state index in [1.54, 1.807) is 0 Å². The van der Waals surface area contributed by atoms with Crippen LogP contribution in [-0.4, -0.2) is 22.4 Å². The molecule has 0 spiro atoms. The first kappa shape index (κ1) is 12.6. The topological polar surface area (TPSA) is 66.4 Å². The first-order chi connectivity index (χ1) is 7.59. The average molecular weight is 239 g/mol. The van der Waals surface area contributed by atoms with Crippen LogP contribution in [-0.2, 0) is 16.0 Å². The molecule has 0 aromatic heterocycles. The zero-order chi connectivity index (χ0) is 12.0. The molecule has 0 saturated carbocycles. The lowest BCUT2D eigenvalue weighted by atomic mass is 10.1. The van der Waals surface area contributed by atoms with Crippen LogP contribution in [0.25, 0.3) is 0 Å². The zero-order valence-electron chi connectivity index (χ0n) is 8.59. The molecule has 0 fully saturated rings. The van der Waals surface area contributed by atoms with E-state index >= 15 is 0 Å². The Balaban J connectivity index is 2.33. The summed E-state index contributed by atoms with van der Waals surface area (Å²) in [4.78, 5) is 21.7. The lowest BCUT2D eigenvalue weighted by molar-refractivity contribution is -0.139. The van der Waals surface area contributed by atoms with Crippen molar-refractivity contribution in [2.75, 3.05) is 0 Å². The third-order valence-electron chi connectivity index (χ3n) is 2.02. The van der Waals surface area contributed by atoms with Gasteiger partial charge >= 0.3 is 5.97 Å². The normalized spacial score (nSPS) is 11.8. The Labute approximate surface area is 99.1 Å². The number of benzene rings is 1. The molecule has 4 nitrogen and oxygen atoms in total. The van der Waals surface area contributed by atoms with Gasteiger partial charge in [-0.25, -0.2) is 4.79 Å². The predicted molar refractivity (Wildman–Crippen MR) is 63.3 cm³/mol. The molecule has 0 saturated heterocycles. The fraction of sp³-hybridized carbons (Fsp3) is 0.273. The Kier molecular flexibility index (Phi) is 4.85. The molecule has 0 radical (unpaired) electrons. The summed E-state index contributed by atoms with van der Waals surface area (Å²) in [6.07, 6.45) is 0.848. The monoisotopic (exact) mass is 239 g/mol. The number of hydrogen-bond acceptors (Lipinski definition) is 3. The second-order valence-electron chi connectivity index (χ2n) is 3.29. The third-order valence-corrected chi connectivity index (χ3v) is 2.37. The Morgan fingerprint density at radius 3 is 2.50 bits per heavy atom. The Morgan fingerprint density at radius 1 is 1.31 bits per heavy atom. The third kappa shape index (κ3) is 4.35. The van der Waals surface area contributed by atoms with Gasteiger partial charge in [0, 0.05) is 6.42 Å². The number of amides is 1. The molecule has 1 aromatic carbocycles. The van der Waals surface area contributed by atoms with Gasteiger partial charge in [-0.05, 0) is 12.0 Å². The van der Waals surface area contributed by atoms with Crippen molar-refractivity contribution in [3.05, 3.63) is 35.9 Å². The number of aliphatic carboxylic acids is 1. The molecule has 5 heteroatoms. The first-order valence-corrected chi connectivity index (χ1v) is 5.35. The van der Waals surface area contributed by atoms with Gasteiger partial charge in [0.05, 0.1) is 0 Å². The van der Waals surface area contributed by atoms with Crippen molar-refractivity contribution in [3.8, 4) is 0 Å². The van der Waals surface area contributed by atoms with Crippen LogP contribution in [0.5, 0.6) is 0 Å². The van der Waals surface area contributed by atoms with Gasteiger partial charge in [0.25, 0.3) is 0 Å². The van der Waals surface area contributed by atoms with E-state index in [9.17, 15) is 9.59 Å². The summed E-state index contributed by atoms with van der Waals surface area (Å²) in [6, 6.07) is 9.53. The molecule has 0 bridgehead atoms. The van der Waals surface area contributed by atoms with Gasteiger partial charge in [-0.15, -0.1) is 12.6 Å². The van der Waals surface area contributed by atoms with E-state index in [-0.39, 0.29) is 12.3 Å². The largest absolute Gasteiger partial charge is 0.479 e.